The summed E-state index contributed by atoms with van der Waals surface area (Å²) >= 11 is 0. The van der Waals surface area contributed by atoms with Crippen molar-refractivity contribution in [1.29, 1.82) is 0 Å². The highest BCUT2D eigenvalue weighted by Crippen LogP contribution is 2.21. The van der Waals surface area contributed by atoms with Crippen molar-refractivity contribution in [1.82, 2.24) is 26.0 Å². The van der Waals surface area contributed by atoms with Crippen molar-refractivity contribution < 1.29 is 44.2 Å². The summed E-state index contributed by atoms with van der Waals surface area (Å²) in [7, 11) is 0. The quantitative estimate of drug-likeness (QED) is 0.0447. The number of unbranched alkanes of at least 4 members (excludes halogenated alkanes) is 2. The molecule has 238 valence electrons. The molecule has 0 aliphatic carbocycles. The number of aromatic nitrogens is 1. The van der Waals surface area contributed by atoms with Crippen molar-refractivity contribution in [2.45, 2.75) is 70.9 Å². The zero-order chi connectivity index (χ0) is 32.6. The van der Waals surface area contributed by atoms with Gasteiger partial charge in [0.15, 0.2) is 0 Å². The normalized spacial score (nSPS) is 12.7. The molecular weight excluding hydrogens is 574 g/mol. The number of rotatable bonds is 19. The molecular formula is C30H39N5O9. The topological polar surface area (TPSA) is 215 Å². The fourth-order valence-electron chi connectivity index (χ4n) is 4.56. The van der Waals surface area contributed by atoms with Crippen molar-refractivity contribution in [2.24, 2.45) is 5.92 Å². The molecule has 0 aliphatic rings. The minimum absolute atomic E-state index is 0.0646. The van der Waals surface area contributed by atoms with Gasteiger partial charge in [-0.25, -0.2) is 14.8 Å². The number of carbonyl (C=O) groups excluding carboxylic acids is 4. The summed E-state index contributed by atoms with van der Waals surface area (Å²) in [6.07, 6.45) is 2.99. The van der Waals surface area contributed by atoms with Gasteiger partial charge >= 0.3 is 11.9 Å². The van der Waals surface area contributed by atoms with Gasteiger partial charge in [0, 0.05) is 17.5 Å². The van der Waals surface area contributed by atoms with Gasteiger partial charge in [-0.15, -0.1) is 0 Å². The fraction of sp³-hybridized carbons (Fsp3) is 0.433. The van der Waals surface area contributed by atoms with Gasteiger partial charge in [0.2, 0.25) is 12.3 Å². The van der Waals surface area contributed by atoms with Crippen molar-refractivity contribution >= 4 is 36.1 Å². The van der Waals surface area contributed by atoms with Crippen LogP contribution < -0.4 is 16.0 Å². The van der Waals surface area contributed by atoms with Crippen LogP contribution in [0.1, 0.15) is 79.6 Å². The van der Waals surface area contributed by atoms with Crippen molar-refractivity contribution in [3.05, 3.63) is 53.7 Å². The van der Waals surface area contributed by atoms with Crippen LogP contribution in [0.5, 0.6) is 0 Å². The average molecular weight is 614 g/mol. The van der Waals surface area contributed by atoms with E-state index in [2.05, 4.69) is 20.9 Å². The summed E-state index contributed by atoms with van der Waals surface area (Å²) in [5.74, 6) is -4.84. The first-order chi connectivity index (χ1) is 21.0. The summed E-state index contributed by atoms with van der Waals surface area (Å²) < 4.78 is 0. The molecule has 2 aromatic rings. The van der Waals surface area contributed by atoms with Gasteiger partial charge < -0.3 is 26.2 Å². The van der Waals surface area contributed by atoms with E-state index in [-0.39, 0.29) is 30.8 Å². The largest absolute Gasteiger partial charge is 0.481 e. The maximum atomic E-state index is 12.9. The lowest BCUT2D eigenvalue weighted by Gasteiger charge is -2.29. The smallest absolute Gasteiger partial charge is 0.326 e. The van der Waals surface area contributed by atoms with E-state index in [0.717, 1.165) is 19.3 Å². The predicted molar refractivity (Wildman–Crippen MR) is 157 cm³/mol. The molecule has 1 aromatic carbocycles. The maximum Gasteiger partial charge on any atom is 0.326 e. The Hall–Kier alpha value is -4.85. The average Bonchev–Trinajstić information content (AvgIpc) is 3.02. The summed E-state index contributed by atoms with van der Waals surface area (Å²) in [5, 5.41) is 36.0. The molecule has 0 radical (unpaired) electrons. The van der Waals surface area contributed by atoms with Gasteiger partial charge in [0.1, 0.15) is 11.7 Å². The number of hydrogen-bond donors (Lipinski definition) is 6. The number of nitrogens with zero attached hydrogens (tertiary/aromatic N) is 2. The predicted octanol–water partition coefficient (Wildman–Crippen LogP) is 2.42. The Balaban J connectivity index is 2.03. The summed E-state index contributed by atoms with van der Waals surface area (Å²) in [5.41, 5.74) is 1.19. The van der Waals surface area contributed by atoms with Crippen LogP contribution in [0.25, 0.3) is 11.3 Å². The number of aliphatic carboxylic acids is 2. The first-order valence-corrected chi connectivity index (χ1v) is 14.3. The minimum atomic E-state index is -1.36. The van der Waals surface area contributed by atoms with Gasteiger partial charge in [-0.2, -0.15) is 0 Å². The molecule has 0 saturated carbocycles. The van der Waals surface area contributed by atoms with E-state index in [1.165, 1.54) is 18.2 Å². The molecule has 14 nitrogen and oxygen atoms in total. The molecule has 2 rings (SSSR count). The SMILES string of the molecule is CCCCCC(C(=O)NCNC(=O)c1cccc(-c2ccc(C(=O)NC(CCC(=O)O)C(=O)O)cc2)n1)C(CC)N(O)C=O. The van der Waals surface area contributed by atoms with Crippen LogP contribution in [-0.4, -0.2) is 80.3 Å². The van der Waals surface area contributed by atoms with Crippen molar-refractivity contribution in [3.8, 4) is 11.3 Å². The Morgan fingerprint density at radius 2 is 1.64 bits per heavy atom. The number of carbonyl (C=O) groups is 6. The number of carboxylic acids is 2. The van der Waals surface area contributed by atoms with Gasteiger partial charge in [-0.05, 0) is 43.5 Å². The Bertz CT molecular complexity index is 1300. The Kier molecular flexibility index (Phi) is 14.4. The molecule has 0 bridgehead atoms. The van der Waals surface area contributed by atoms with Crippen LogP contribution in [0.4, 0.5) is 0 Å². The third-order valence-corrected chi connectivity index (χ3v) is 6.97. The molecule has 1 heterocycles. The second kappa shape index (κ2) is 18.0. The van der Waals surface area contributed by atoms with Gasteiger partial charge in [0.25, 0.3) is 11.8 Å². The number of hydroxylamine groups is 2. The minimum Gasteiger partial charge on any atom is -0.481 e. The lowest BCUT2D eigenvalue weighted by Crippen LogP contribution is -2.47. The second-order valence-corrected chi connectivity index (χ2v) is 10.1. The van der Waals surface area contributed by atoms with Crippen LogP contribution in [-0.2, 0) is 19.2 Å². The molecule has 0 spiro atoms. The number of benzene rings is 1. The van der Waals surface area contributed by atoms with Gasteiger partial charge in [0.05, 0.1) is 24.3 Å². The molecule has 3 atom stereocenters. The molecule has 0 fully saturated rings. The van der Waals surface area contributed by atoms with E-state index >= 15 is 0 Å². The van der Waals surface area contributed by atoms with Crippen molar-refractivity contribution in [3.63, 3.8) is 0 Å². The Morgan fingerprint density at radius 3 is 2.23 bits per heavy atom. The molecule has 14 heteroatoms. The van der Waals surface area contributed by atoms with Gasteiger partial charge in [-0.1, -0.05) is 51.3 Å². The zero-order valence-corrected chi connectivity index (χ0v) is 24.7. The van der Waals surface area contributed by atoms with E-state index in [9.17, 15) is 39.1 Å². The molecule has 0 aliphatic heterocycles. The first-order valence-electron chi connectivity index (χ1n) is 14.3. The molecule has 44 heavy (non-hydrogen) atoms. The molecule has 0 saturated heterocycles. The van der Waals surface area contributed by atoms with Gasteiger partial charge in [-0.3, -0.25) is 29.2 Å². The third-order valence-electron chi connectivity index (χ3n) is 6.97. The molecule has 4 amide bonds. The number of pyridine rings is 1. The lowest BCUT2D eigenvalue weighted by molar-refractivity contribution is -0.168. The second-order valence-electron chi connectivity index (χ2n) is 10.1. The number of carboxylic acid groups (broad SMARTS) is 2. The van der Waals surface area contributed by atoms with Crippen LogP contribution in [0.3, 0.4) is 0 Å². The van der Waals surface area contributed by atoms with E-state index in [1.54, 1.807) is 31.2 Å². The number of nitrogens with one attached hydrogen (secondary N) is 3. The van der Waals surface area contributed by atoms with Crippen molar-refractivity contribution in [2.75, 3.05) is 6.67 Å². The summed E-state index contributed by atoms with van der Waals surface area (Å²) in [4.78, 5) is 75.8. The van der Waals surface area contributed by atoms with Crippen LogP contribution in [0.2, 0.25) is 0 Å². The zero-order valence-electron chi connectivity index (χ0n) is 24.7. The van der Waals surface area contributed by atoms with E-state index < -0.39 is 54.1 Å². The van der Waals surface area contributed by atoms with Crippen LogP contribution in [0, 0.1) is 5.92 Å². The standard InChI is InChI=1S/C30H39N5O9/c1-3-5-6-8-21(25(4-2)35(44)18-36)28(40)31-17-32-29(41)23-10-7-9-22(33-23)19-11-13-20(14-12-19)27(39)34-24(30(42)43)15-16-26(37)38/h7,9-14,18,21,24-25,44H,3-6,8,15-17H2,1-2H3,(H,31,40)(H,32,41)(H,34,39)(H,37,38)(H,42,43). The molecule has 6 N–H and O–H groups in total. The highest BCUT2D eigenvalue weighted by atomic mass is 16.5. The Morgan fingerprint density at radius 1 is 0.932 bits per heavy atom. The summed E-state index contributed by atoms with van der Waals surface area (Å²) in [6, 6.07) is 8.72. The van der Waals surface area contributed by atoms with E-state index in [0.29, 0.717) is 29.2 Å². The highest BCUT2D eigenvalue weighted by molar-refractivity contribution is 5.97. The van der Waals surface area contributed by atoms with E-state index in [4.69, 9.17) is 5.11 Å². The highest BCUT2D eigenvalue weighted by Gasteiger charge is 2.30. The monoisotopic (exact) mass is 613 g/mol. The number of hydrogen-bond acceptors (Lipinski definition) is 8. The van der Waals surface area contributed by atoms with Crippen LogP contribution in [0.15, 0.2) is 42.5 Å². The van der Waals surface area contributed by atoms with E-state index in [1.807, 2.05) is 6.92 Å². The fourth-order valence-corrected chi connectivity index (χ4v) is 4.56. The Labute approximate surface area is 254 Å². The molecule has 1 aromatic heterocycles. The summed E-state index contributed by atoms with van der Waals surface area (Å²) in [6.45, 7) is 3.58. The van der Waals surface area contributed by atoms with Crippen LogP contribution >= 0.6 is 0 Å². The lowest BCUT2D eigenvalue weighted by atomic mass is 9.90. The maximum absolute atomic E-state index is 12.9. The first kappa shape index (κ1) is 35.3. The third kappa shape index (κ3) is 10.8. The molecule has 3 unspecified atom stereocenters. The number of amides is 4.